The number of nitrogens with one attached hydrogen (secondary N) is 1. The van der Waals surface area contributed by atoms with Gasteiger partial charge in [0.1, 0.15) is 0 Å². The Balaban J connectivity index is 1.77. The number of benzene rings is 4. The van der Waals surface area contributed by atoms with Gasteiger partial charge in [-0.15, -0.1) is 0 Å². The van der Waals surface area contributed by atoms with Crippen LogP contribution in [0.15, 0.2) is 84.9 Å². The van der Waals surface area contributed by atoms with Crippen LogP contribution in [0.25, 0.3) is 21.9 Å². The van der Waals surface area contributed by atoms with Gasteiger partial charge in [-0.1, -0.05) is 86.1 Å². The van der Waals surface area contributed by atoms with Crippen molar-refractivity contribution < 1.29 is 0 Å². The lowest BCUT2D eigenvalue weighted by atomic mass is 9.83. The minimum atomic E-state index is 0.184. The highest BCUT2D eigenvalue weighted by Crippen LogP contribution is 2.49. The molecule has 29 heavy (non-hydrogen) atoms. The highest BCUT2D eigenvalue weighted by atomic mass is 14.4. The largest absolute Gasteiger partial charge is 0.305 e. The number of hydrogen-bond donors (Lipinski definition) is 1. The summed E-state index contributed by atoms with van der Waals surface area (Å²) in [6.07, 6.45) is 3.00. The topological polar surface area (TPSA) is 23.9 Å². The van der Waals surface area contributed by atoms with Crippen LogP contribution >= 0.6 is 0 Å². The second-order valence-electron chi connectivity index (χ2n) is 7.98. The summed E-state index contributed by atoms with van der Waals surface area (Å²) in [5, 5.41) is 11.3. The Labute approximate surface area is 172 Å². The molecule has 0 bridgehead atoms. The third kappa shape index (κ3) is 2.98. The summed E-state index contributed by atoms with van der Waals surface area (Å²) in [4.78, 5) is 0. The first kappa shape index (κ1) is 17.9. The molecule has 0 heterocycles. The van der Waals surface area contributed by atoms with Gasteiger partial charge in [-0.2, -0.15) is 0 Å². The van der Waals surface area contributed by atoms with Crippen LogP contribution in [0.3, 0.4) is 0 Å². The molecule has 0 radical (unpaired) electrons. The summed E-state index contributed by atoms with van der Waals surface area (Å²) < 4.78 is 0. The van der Waals surface area contributed by atoms with E-state index in [0.717, 1.165) is 30.5 Å². The van der Waals surface area contributed by atoms with Crippen LogP contribution in [0.5, 0.6) is 0 Å². The van der Waals surface area contributed by atoms with E-state index in [-0.39, 0.29) is 5.92 Å². The fourth-order valence-electron chi connectivity index (χ4n) is 4.74. The first-order chi connectivity index (χ1) is 14.3. The summed E-state index contributed by atoms with van der Waals surface area (Å²) in [5.74, 6) is 0.184. The van der Waals surface area contributed by atoms with Crippen LogP contribution in [-0.4, -0.2) is 5.71 Å². The minimum absolute atomic E-state index is 0.184. The molecule has 0 fully saturated rings. The molecule has 0 amide bonds. The van der Waals surface area contributed by atoms with Crippen molar-refractivity contribution in [1.82, 2.24) is 0 Å². The van der Waals surface area contributed by atoms with E-state index >= 15 is 0 Å². The molecule has 4 aromatic rings. The zero-order valence-electron chi connectivity index (χ0n) is 16.8. The third-order valence-electron chi connectivity index (χ3n) is 6.17. The van der Waals surface area contributed by atoms with E-state index in [1.807, 2.05) is 0 Å². The van der Waals surface area contributed by atoms with Crippen molar-refractivity contribution in [3.8, 4) is 11.1 Å². The maximum Gasteiger partial charge on any atom is 0.0389 e. The lowest BCUT2D eigenvalue weighted by molar-refractivity contribution is 0.831. The predicted molar refractivity (Wildman–Crippen MR) is 123 cm³/mol. The number of rotatable bonds is 5. The molecule has 4 aromatic carbocycles. The Bertz CT molecular complexity index is 1170. The third-order valence-corrected chi connectivity index (χ3v) is 6.17. The number of fused-ring (bicyclic) bond motifs is 4. The van der Waals surface area contributed by atoms with Crippen molar-refractivity contribution in [3.63, 3.8) is 0 Å². The van der Waals surface area contributed by atoms with Crippen LogP contribution in [0.2, 0.25) is 0 Å². The molecule has 1 nitrogen and oxygen atoms in total. The number of unbranched alkanes of at least 4 members (excludes halogenated alkanes) is 1. The average Bonchev–Trinajstić information content (AvgIpc) is 3.11. The molecule has 0 aromatic heterocycles. The summed E-state index contributed by atoms with van der Waals surface area (Å²) in [6.45, 7) is 2.19. The second-order valence-corrected chi connectivity index (χ2v) is 7.98. The van der Waals surface area contributed by atoms with Gasteiger partial charge in [0.05, 0.1) is 0 Å². The Morgan fingerprint density at radius 3 is 1.90 bits per heavy atom. The molecule has 0 unspecified atom stereocenters. The molecule has 1 heteroatoms. The molecular weight excluding hydrogens is 350 g/mol. The number of hydrogen-bond acceptors (Lipinski definition) is 1. The monoisotopic (exact) mass is 375 g/mol. The molecule has 1 aliphatic rings. The molecule has 1 N–H and O–H groups in total. The molecule has 0 saturated heterocycles. The fraction of sp³-hybridized carbons (Fsp3) is 0.179. The smallest absolute Gasteiger partial charge is 0.0389 e. The predicted octanol–water partition coefficient (Wildman–Crippen LogP) is 7.56. The van der Waals surface area contributed by atoms with Gasteiger partial charge in [0.25, 0.3) is 0 Å². The normalized spacial score (nSPS) is 12.7. The van der Waals surface area contributed by atoms with Crippen molar-refractivity contribution in [2.45, 2.75) is 32.1 Å². The van der Waals surface area contributed by atoms with E-state index in [0.29, 0.717) is 0 Å². The Hall–Kier alpha value is -3.19. The van der Waals surface area contributed by atoms with Gasteiger partial charge < -0.3 is 5.41 Å². The van der Waals surface area contributed by atoms with Gasteiger partial charge in [-0.3, -0.25) is 0 Å². The Morgan fingerprint density at radius 2 is 1.28 bits per heavy atom. The average molecular weight is 376 g/mol. The van der Waals surface area contributed by atoms with E-state index in [1.54, 1.807) is 0 Å². The second kappa shape index (κ2) is 7.33. The molecule has 0 saturated carbocycles. The van der Waals surface area contributed by atoms with E-state index in [2.05, 4.69) is 91.9 Å². The molecule has 0 atom stereocenters. The first-order valence-electron chi connectivity index (χ1n) is 10.6. The highest BCUT2D eigenvalue weighted by Gasteiger charge is 2.31. The highest BCUT2D eigenvalue weighted by molar-refractivity contribution is 6.04. The van der Waals surface area contributed by atoms with Crippen molar-refractivity contribution in [2.24, 2.45) is 0 Å². The van der Waals surface area contributed by atoms with Crippen LogP contribution in [-0.2, 0) is 0 Å². The molecule has 1 aliphatic carbocycles. The van der Waals surface area contributed by atoms with Crippen LogP contribution in [0, 0.1) is 5.41 Å². The minimum Gasteiger partial charge on any atom is -0.305 e. The van der Waals surface area contributed by atoms with Crippen LogP contribution in [0.1, 0.15) is 54.4 Å². The SMILES string of the molecule is CCCCC(=N)c1cc2ccccc2cc1C1c2ccccc2-c2ccccc21. The first-order valence-corrected chi connectivity index (χ1v) is 10.6. The Kier molecular flexibility index (Phi) is 4.52. The van der Waals surface area contributed by atoms with Crippen molar-refractivity contribution in [3.05, 3.63) is 107 Å². The van der Waals surface area contributed by atoms with Crippen molar-refractivity contribution in [1.29, 1.82) is 5.41 Å². The lowest BCUT2D eigenvalue weighted by Crippen LogP contribution is -2.09. The van der Waals surface area contributed by atoms with Gasteiger partial charge in [0.15, 0.2) is 0 Å². The Morgan fingerprint density at radius 1 is 0.724 bits per heavy atom. The van der Waals surface area contributed by atoms with Crippen LogP contribution in [0.4, 0.5) is 0 Å². The quantitative estimate of drug-likeness (QED) is 0.306. The standard InChI is InChI=1S/C28H25N/c1-2-3-16-27(29)25-17-19-10-4-5-11-20(19)18-26(25)28-23-14-8-6-12-21(23)22-13-7-9-15-24(22)28/h4-15,17-18,28-29H,2-3,16H2,1H3. The maximum atomic E-state index is 8.88. The van der Waals surface area contributed by atoms with E-state index in [1.165, 1.54) is 38.6 Å². The summed E-state index contributed by atoms with van der Waals surface area (Å²) in [7, 11) is 0. The zero-order chi connectivity index (χ0) is 19.8. The van der Waals surface area contributed by atoms with E-state index in [4.69, 9.17) is 5.41 Å². The van der Waals surface area contributed by atoms with Gasteiger partial charge in [-0.05, 0) is 63.6 Å². The molecule has 142 valence electrons. The zero-order valence-corrected chi connectivity index (χ0v) is 16.8. The van der Waals surface area contributed by atoms with E-state index < -0.39 is 0 Å². The van der Waals surface area contributed by atoms with Gasteiger partial charge in [0.2, 0.25) is 0 Å². The molecule has 5 rings (SSSR count). The molecule has 0 spiro atoms. The molecular formula is C28H25N. The van der Waals surface area contributed by atoms with Crippen molar-refractivity contribution >= 4 is 16.5 Å². The fourth-order valence-corrected chi connectivity index (χ4v) is 4.74. The van der Waals surface area contributed by atoms with Crippen molar-refractivity contribution in [2.75, 3.05) is 0 Å². The van der Waals surface area contributed by atoms with E-state index in [9.17, 15) is 0 Å². The summed E-state index contributed by atoms with van der Waals surface area (Å²) >= 11 is 0. The molecule has 0 aliphatic heterocycles. The van der Waals surface area contributed by atoms with Gasteiger partial charge in [0, 0.05) is 17.2 Å². The van der Waals surface area contributed by atoms with Gasteiger partial charge >= 0.3 is 0 Å². The van der Waals surface area contributed by atoms with Gasteiger partial charge in [-0.25, -0.2) is 0 Å². The summed E-state index contributed by atoms with van der Waals surface area (Å²) in [5.41, 5.74) is 8.49. The summed E-state index contributed by atoms with van der Waals surface area (Å²) in [6, 6.07) is 30.6. The lowest BCUT2D eigenvalue weighted by Gasteiger charge is -2.20. The van der Waals surface area contributed by atoms with Crippen LogP contribution < -0.4 is 0 Å². The maximum absolute atomic E-state index is 8.88.